The molecule has 0 saturated heterocycles. The number of nitrogens with two attached hydrogens (primary N) is 1. The lowest BCUT2D eigenvalue weighted by atomic mass is 9.90. The van der Waals surface area contributed by atoms with E-state index in [0.29, 0.717) is 58.0 Å². The topological polar surface area (TPSA) is 209 Å². The van der Waals surface area contributed by atoms with Crippen molar-refractivity contribution in [2.75, 3.05) is 30.5 Å². The van der Waals surface area contributed by atoms with Crippen molar-refractivity contribution in [3.05, 3.63) is 142 Å². The second kappa shape index (κ2) is 21.1. The Bertz CT molecular complexity index is 2980. The van der Waals surface area contributed by atoms with Crippen LogP contribution in [0.5, 0.6) is 0 Å². The molecular formula is C50H54Cl2N14O2. The van der Waals surface area contributed by atoms with E-state index in [1.54, 1.807) is 24.7 Å². The second-order valence-electron chi connectivity index (χ2n) is 17.8. The molecule has 2 aromatic carbocycles. The molecule has 2 saturated carbocycles. The van der Waals surface area contributed by atoms with Gasteiger partial charge in [-0.05, 0) is 95.8 Å². The standard InChI is InChI=1S/C25H26ClN7O2.C25H28ClN7/c1-32(15-17-9-10-19(12-27-17)33(34)35)18-6-4-5-16(11-18)30-25-29-14-22(26)24(31-25)21-13-28-23-8-3-2-7-20(21)23;1-33(15-18-10-9-16(27)12-28-18)19-6-4-5-17(11-19)31-25-30-14-22(26)24(32-25)21-13-29-23-8-3-2-7-20(21)23/h2-3,7-10,12-14,16,18,28H,4-6,11,15H2,1H3,(H,29,30,31);2-3,7-10,12-14,17,19,29H,4-6,11,15,27H2,1H3,(H,30,31,32)/t16-,18+;17-,19+/m11/s1. The molecule has 0 aliphatic heterocycles. The van der Waals surface area contributed by atoms with E-state index < -0.39 is 4.92 Å². The number of H-pyrrole nitrogens is 2. The molecule has 68 heavy (non-hydrogen) atoms. The Hall–Kier alpha value is -6.72. The molecule has 6 heterocycles. The predicted octanol–water partition coefficient (Wildman–Crippen LogP) is 10.5. The molecule has 6 aromatic heterocycles. The summed E-state index contributed by atoms with van der Waals surface area (Å²) < 4.78 is 0. The lowest BCUT2D eigenvalue weighted by Gasteiger charge is -2.35. The van der Waals surface area contributed by atoms with Gasteiger partial charge in [0.05, 0.1) is 62.0 Å². The number of pyridine rings is 2. The number of halogens is 2. The van der Waals surface area contributed by atoms with Crippen LogP contribution in [-0.2, 0) is 13.1 Å². The molecule has 350 valence electrons. The zero-order valence-corrected chi connectivity index (χ0v) is 39.5. The van der Waals surface area contributed by atoms with Crippen molar-refractivity contribution in [2.24, 2.45) is 0 Å². The Morgan fingerprint density at radius 2 is 1.15 bits per heavy atom. The fraction of sp³-hybridized carbons (Fsp3) is 0.320. The number of hydrogen-bond acceptors (Lipinski definition) is 13. The lowest BCUT2D eigenvalue weighted by molar-refractivity contribution is -0.385. The van der Waals surface area contributed by atoms with Crippen molar-refractivity contribution < 1.29 is 4.92 Å². The summed E-state index contributed by atoms with van der Waals surface area (Å²) in [6.45, 7) is 1.44. The number of aromatic amines is 2. The highest BCUT2D eigenvalue weighted by Gasteiger charge is 2.28. The Balaban J connectivity index is 0.000000170. The van der Waals surface area contributed by atoms with Gasteiger partial charge in [0.25, 0.3) is 5.69 Å². The number of aromatic nitrogens is 8. The molecule has 0 unspecified atom stereocenters. The highest BCUT2D eigenvalue weighted by Crippen LogP contribution is 2.35. The van der Waals surface area contributed by atoms with E-state index in [1.807, 2.05) is 67.0 Å². The van der Waals surface area contributed by atoms with Gasteiger partial charge in [-0.1, -0.05) is 59.6 Å². The SMILES string of the molecule is CN(Cc1ccc(N)cn1)[C@H]1CCC[C@@H](Nc2ncc(Cl)c(-c3c[nH]c4ccccc34)n2)C1.CN(Cc1ccc([N+](=O)[O-])cn1)[C@H]1CCC[C@@H](Nc2ncc(Cl)c(-c3c[nH]c4ccccc34)n2)C1. The van der Waals surface area contributed by atoms with Gasteiger partial charge in [-0.3, -0.25) is 29.9 Å². The van der Waals surface area contributed by atoms with Crippen LogP contribution in [0.1, 0.15) is 62.8 Å². The van der Waals surface area contributed by atoms with Crippen molar-refractivity contribution >= 4 is 68.3 Å². The number of fused-ring (bicyclic) bond motifs is 2. The third-order valence-corrected chi connectivity index (χ3v) is 13.6. The predicted molar refractivity (Wildman–Crippen MR) is 270 cm³/mol. The second-order valence-corrected chi connectivity index (χ2v) is 18.6. The number of nitro groups is 1. The van der Waals surface area contributed by atoms with E-state index in [1.165, 1.54) is 18.7 Å². The van der Waals surface area contributed by atoms with Crippen molar-refractivity contribution in [3.63, 3.8) is 0 Å². The van der Waals surface area contributed by atoms with Crippen LogP contribution in [0.3, 0.4) is 0 Å². The zero-order chi connectivity index (χ0) is 47.1. The smallest absolute Gasteiger partial charge is 0.287 e. The first-order valence-corrected chi connectivity index (χ1v) is 23.7. The van der Waals surface area contributed by atoms with Crippen LogP contribution in [0.25, 0.3) is 44.3 Å². The average molecular weight is 954 g/mol. The van der Waals surface area contributed by atoms with E-state index in [2.05, 4.69) is 70.5 Å². The van der Waals surface area contributed by atoms with Crippen LogP contribution >= 0.6 is 23.2 Å². The zero-order valence-electron chi connectivity index (χ0n) is 37.9. The molecule has 2 fully saturated rings. The minimum absolute atomic E-state index is 0.00769. The highest BCUT2D eigenvalue weighted by molar-refractivity contribution is 6.33. The van der Waals surface area contributed by atoms with E-state index in [-0.39, 0.29) is 11.7 Å². The first-order chi connectivity index (χ1) is 33.0. The summed E-state index contributed by atoms with van der Waals surface area (Å²) in [7, 11) is 4.24. The van der Waals surface area contributed by atoms with E-state index >= 15 is 0 Å². The van der Waals surface area contributed by atoms with Crippen LogP contribution in [-0.4, -0.2) is 92.9 Å². The normalized spacial score (nSPS) is 18.4. The summed E-state index contributed by atoms with van der Waals surface area (Å²) in [5, 5.41) is 21.2. The van der Waals surface area contributed by atoms with E-state index in [9.17, 15) is 10.1 Å². The Kier molecular flexibility index (Phi) is 14.4. The highest BCUT2D eigenvalue weighted by atomic mass is 35.5. The van der Waals surface area contributed by atoms with Crippen molar-refractivity contribution in [2.45, 2.75) is 88.6 Å². The maximum atomic E-state index is 10.9. The fourth-order valence-electron chi connectivity index (χ4n) is 9.46. The van der Waals surface area contributed by atoms with Gasteiger partial charge in [-0.25, -0.2) is 19.9 Å². The Labute approximate surface area is 404 Å². The monoisotopic (exact) mass is 952 g/mol. The minimum atomic E-state index is -0.430. The van der Waals surface area contributed by atoms with Gasteiger partial charge in [0.1, 0.15) is 6.20 Å². The minimum Gasteiger partial charge on any atom is -0.397 e. The summed E-state index contributed by atoms with van der Waals surface area (Å²) in [5.74, 6) is 1.19. The number of hydrogen-bond donors (Lipinski definition) is 5. The number of nitrogens with one attached hydrogen (secondary N) is 4. The van der Waals surface area contributed by atoms with E-state index in [4.69, 9.17) is 38.9 Å². The number of para-hydroxylation sites is 2. The molecule has 2 aliphatic rings. The van der Waals surface area contributed by atoms with Crippen molar-refractivity contribution in [3.8, 4) is 22.5 Å². The lowest BCUT2D eigenvalue weighted by Crippen LogP contribution is -2.40. The van der Waals surface area contributed by atoms with Gasteiger partial charge in [-0.2, -0.15) is 0 Å². The summed E-state index contributed by atoms with van der Waals surface area (Å²) in [6.07, 6.45) is 18.9. The van der Waals surface area contributed by atoms with Crippen LogP contribution in [0.15, 0.2) is 110 Å². The van der Waals surface area contributed by atoms with Crippen LogP contribution in [0.4, 0.5) is 23.3 Å². The number of nitrogen functional groups attached to an aromatic ring is 1. The Morgan fingerprint density at radius 1 is 0.662 bits per heavy atom. The maximum Gasteiger partial charge on any atom is 0.287 e. The average Bonchev–Trinajstić information content (AvgIpc) is 3.99. The fourth-order valence-corrected chi connectivity index (χ4v) is 9.84. The molecular weight excluding hydrogens is 900 g/mol. The van der Waals surface area contributed by atoms with E-state index in [0.717, 1.165) is 102 Å². The number of anilines is 3. The largest absolute Gasteiger partial charge is 0.397 e. The first-order valence-electron chi connectivity index (χ1n) is 23.0. The molecule has 6 N–H and O–H groups in total. The van der Waals surface area contributed by atoms with Gasteiger partial charge in [0, 0.05) is 88.6 Å². The number of nitrogens with zero attached hydrogens (tertiary/aromatic N) is 9. The molecule has 18 heteroatoms. The van der Waals surface area contributed by atoms with Crippen molar-refractivity contribution in [1.82, 2.24) is 49.7 Å². The summed E-state index contributed by atoms with van der Waals surface area (Å²) in [6, 6.07) is 24.7. The molecule has 16 nitrogen and oxygen atoms in total. The molecule has 10 rings (SSSR count). The van der Waals surface area contributed by atoms with Crippen LogP contribution in [0.2, 0.25) is 10.0 Å². The quantitative estimate of drug-likeness (QED) is 0.0539. The molecule has 0 radical (unpaired) electrons. The van der Waals surface area contributed by atoms with Crippen LogP contribution in [0, 0.1) is 10.1 Å². The molecule has 0 bridgehead atoms. The molecule has 0 amide bonds. The number of rotatable bonds is 13. The third-order valence-electron chi connectivity index (χ3n) is 13.1. The molecule has 2 aliphatic carbocycles. The summed E-state index contributed by atoms with van der Waals surface area (Å²) in [4.78, 5) is 48.8. The summed E-state index contributed by atoms with van der Waals surface area (Å²) in [5.41, 5.74) is 13.8. The van der Waals surface area contributed by atoms with Gasteiger partial charge in [0.15, 0.2) is 0 Å². The molecule has 4 atom stereocenters. The molecule has 8 aromatic rings. The summed E-state index contributed by atoms with van der Waals surface area (Å²) >= 11 is 13.0. The van der Waals surface area contributed by atoms with Gasteiger partial charge in [-0.15, -0.1) is 0 Å². The first kappa shape index (κ1) is 46.4. The third kappa shape index (κ3) is 11.0. The maximum absolute atomic E-state index is 10.9. The van der Waals surface area contributed by atoms with Gasteiger partial charge < -0.3 is 26.3 Å². The van der Waals surface area contributed by atoms with Crippen LogP contribution < -0.4 is 16.4 Å². The Morgan fingerprint density at radius 3 is 1.60 bits per heavy atom. The van der Waals surface area contributed by atoms with Gasteiger partial charge in [0.2, 0.25) is 11.9 Å². The number of benzene rings is 2. The van der Waals surface area contributed by atoms with Crippen molar-refractivity contribution in [1.29, 1.82) is 0 Å². The van der Waals surface area contributed by atoms with Gasteiger partial charge >= 0.3 is 0 Å². The molecule has 0 spiro atoms.